The van der Waals surface area contributed by atoms with Gasteiger partial charge in [-0.25, -0.2) is 4.57 Å². The van der Waals surface area contributed by atoms with E-state index in [0.29, 0.717) is 18.7 Å². The zero-order valence-corrected chi connectivity index (χ0v) is 20.3. The van der Waals surface area contributed by atoms with Gasteiger partial charge in [-0.15, -0.1) is 0 Å². The van der Waals surface area contributed by atoms with E-state index in [1.54, 1.807) is 0 Å². The first-order chi connectivity index (χ1) is 14.4. The average molecular weight is 485 g/mol. The van der Waals surface area contributed by atoms with Gasteiger partial charge in [0, 0.05) is 37.1 Å². The first-order valence-corrected chi connectivity index (χ1v) is 13.0. The fraction of sp³-hybridized carbons (Fsp3) is 0.842. The van der Waals surface area contributed by atoms with E-state index in [2.05, 4.69) is 22.1 Å². The lowest BCUT2D eigenvalue weighted by Gasteiger charge is -2.29. The number of phosphoric ester groups is 1. The van der Waals surface area contributed by atoms with Crippen molar-refractivity contribution in [2.45, 2.75) is 71.8 Å². The molecule has 0 unspecified atom stereocenters. The van der Waals surface area contributed by atoms with Crippen LogP contribution in [0, 0.1) is 5.41 Å². The number of unbranched alkanes of at least 4 members (excludes halogenated alkanes) is 4. The lowest BCUT2D eigenvalue weighted by molar-refractivity contribution is -0.137. The maximum atomic E-state index is 12.0. The van der Waals surface area contributed by atoms with Crippen molar-refractivity contribution < 1.29 is 38.4 Å². The van der Waals surface area contributed by atoms with Gasteiger partial charge >= 0.3 is 7.82 Å². The standard InChI is InChI=1S/C19H37N2O8PS/c1-4-5-6-7-8-9-16(23)31-13-12-20-15(22)10-11-21-18(25)17(24)19(2,3)14-29-30(26,27)28/h17,24H,4-14H2,1-3H3,(H,20,22)(H,21,25)(H2,26,27,28)/t17-/m0/s1. The smallest absolute Gasteiger partial charge is 0.383 e. The van der Waals surface area contributed by atoms with E-state index in [-0.39, 0.29) is 24.0 Å². The Morgan fingerprint density at radius 2 is 1.68 bits per heavy atom. The number of hydrogen-bond donors (Lipinski definition) is 5. The quantitative estimate of drug-likeness (QED) is 0.153. The van der Waals surface area contributed by atoms with Crippen molar-refractivity contribution in [1.82, 2.24) is 10.6 Å². The molecule has 0 spiro atoms. The molecule has 10 nitrogen and oxygen atoms in total. The van der Waals surface area contributed by atoms with Crippen molar-refractivity contribution in [1.29, 1.82) is 0 Å². The lowest BCUT2D eigenvalue weighted by atomic mass is 9.87. The number of carbonyl (C=O) groups excluding carboxylic acids is 3. The summed E-state index contributed by atoms with van der Waals surface area (Å²) in [6.45, 7) is 4.78. The molecule has 0 radical (unpaired) electrons. The highest BCUT2D eigenvalue weighted by molar-refractivity contribution is 8.13. The molecule has 0 aromatic heterocycles. The molecule has 0 aliphatic heterocycles. The van der Waals surface area contributed by atoms with Gasteiger partial charge in [0.1, 0.15) is 6.10 Å². The van der Waals surface area contributed by atoms with Crippen LogP contribution < -0.4 is 10.6 Å². The molecule has 0 rings (SSSR count). The van der Waals surface area contributed by atoms with Crippen molar-refractivity contribution in [3.63, 3.8) is 0 Å². The van der Waals surface area contributed by atoms with Crippen LogP contribution >= 0.6 is 19.6 Å². The van der Waals surface area contributed by atoms with Gasteiger partial charge < -0.3 is 25.5 Å². The summed E-state index contributed by atoms with van der Waals surface area (Å²) in [5.74, 6) is -0.586. The van der Waals surface area contributed by atoms with Crippen LogP contribution in [-0.4, -0.2) is 63.4 Å². The van der Waals surface area contributed by atoms with Crippen LogP contribution in [0.25, 0.3) is 0 Å². The van der Waals surface area contributed by atoms with Crippen molar-refractivity contribution in [3.05, 3.63) is 0 Å². The van der Waals surface area contributed by atoms with Gasteiger partial charge in [0.25, 0.3) is 0 Å². The predicted molar refractivity (Wildman–Crippen MR) is 119 cm³/mol. The topological polar surface area (TPSA) is 162 Å². The largest absolute Gasteiger partial charge is 0.469 e. The maximum Gasteiger partial charge on any atom is 0.469 e. The van der Waals surface area contributed by atoms with Gasteiger partial charge in [0.2, 0.25) is 11.8 Å². The summed E-state index contributed by atoms with van der Waals surface area (Å²) in [5, 5.41) is 15.2. The van der Waals surface area contributed by atoms with E-state index in [1.807, 2.05) is 0 Å². The number of carbonyl (C=O) groups is 3. The lowest BCUT2D eigenvalue weighted by Crippen LogP contribution is -2.46. The molecule has 0 aliphatic carbocycles. The van der Waals surface area contributed by atoms with Crippen LogP contribution in [0.5, 0.6) is 0 Å². The number of thioether (sulfide) groups is 1. The summed E-state index contributed by atoms with van der Waals surface area (Å²) in [6.07, 6.45) is 4.43. The molecule has 182 valence electrons. The first kappa shape index (κ1) is 30.0. The van der Waals surface area contributed by atoms with Crippen molar-refractivity contribution in [3.8, 4) is 0 Å². The summed E-state index contributed by atoms with van der Waals surface area (Å²) in [5.41, 5.74) is -1.24. The van der Waals surface area contributed by atoms with E-state index in [4.69, 9.17) is 9.79 Å². The molecule has 31 heavy (non-hydrogen) atoms. The van der Waals surface area contributed by atoms with E-state index in [0.717, 1.165) is 19.3 Å². The molecular weight excluding hydrogens is 447 g/mol. The highest BCUT2D eigenvalue weighted by atomic mass is 32.2. The minimum atomic E-state index is -4.72. The Hall–Kier alpha value is -0.970. The fourth-order valence-electron chi connectivity index (χ4n) is 2.47. The van der Waals surface area contributed by atoms with Gasteiger partial charge in [-0.2, -0.15) is 0 Å². The summed E-state index contributed by atoms with van der Waals surface area (Å²) in [7, 11) is -4.72. The molecule has 0 fully saturated rings. The minimum absolute atomic E-state index is 0.00604. The summed E-state index contributed by atoms with van der Waals surface area (Å²) >= 11 is 1.20. The van der Waals surface area contributed by atoms with Crippen LogP contribution in [0.15, 0.2) is 0 Å². The van der Waals surface area contributed by atoms with Crippen molar-refractivity contribution in [2.24, 2.45) is 5.41 Å². The van der Waals surface area contributed by atoms with Gasteiger partial charge in [-0.3, -0.25) is 18.9 Å². The summed E-state index contributed by atoms with van der Waals surface area (Å²) in [4.78, 5) is 53.0. The molecule has 0 saturated heterocycles. The van der Waals surface area contributed by atoms with Gasteiger partial charge in [-0.05, 0) is 6.42 Å². The third-order valence-corrected chi connectivity index (χ3v) is 5.82. The molecule has 0 aromatic rings. The van der Waals surface area contributed by atoms with Crippen molar-refractivity contribution in [2.75, 3.05) is 25.4 Å². The summed E-state index contributed by atoms with van der Waals surface area (Å²) in [6, 6.07) is 0. The second kappa shape index (κ2) is 15.8. The third kappa shape index (κ3) is 16.3. The second-order valence-corrected chi connectivity index (χ2v) is 10.3. The highest BCUT2D eigenvalue weighted by Gasteiger charge is 2.35. The molecule has 12 heteroatoms. The summed E-state index contributed by atoms with van der Waals surface area (Å²) < 4.78 is 15.1. The number of aliphatic hydroxyl groups excluding tert-OH is 1. The van der Waals surface area contributed by atoms with E-state index >= 15 is 0 Å². The molecule has 1 atom stereocenters. The van der Waals surface area contributed by atoms with Crippen LogP contribution in [-0.2, 0) is 23.5 Å². The third-order valence-electron chi connectivity index (χ3n) is 4.42. The Morgan fingerprint density at radius 3 is 2.29 bits per heavy atom. The first-order valence-electron chi connectivity index (χ1n) is 10.5. The van der Waals surface area contributed by atoms with Crippen LogP contribution in [0.1, 0.15) is 65.7 Å². The average Bonchev–Trinajstić information content (AvgIpc) is 2.68. The Labute approximate surface area is 188 Å². The van der Waals surface area contributed by atoms with Gasteiger partial charge in [-0.1, -0.05) is 58.2 Å². The number of hydrogen-bond acceptors (Lipinski definition) is 7. The number of aliphatic hydroxyl groups is 1. The zero-order valence-electron chi connectivity index (χ0n) is 18.6. The predicted octanol–water partition coefficient (Wildman–Crippen LogP) is 1.73. The Balaban J connectivity index is 3.94. The number of rotatable bonds is 17. The Kier molecular flexibility index (Phi) is 15.3. The molecule has 0 saturated carbocycles. The normalized spacial score (nSPS) is 13.0. The zero-order chi connectivity index (χ0) is 23.9. The van der Waals surface area contributed by atoms with Crippen molar-refractivity contribution >= 4 is 36.5 Å². The monoisotopic (exact) mass is 484 g/mol. The fourth-order valence-corrected chi connectivity index (χ4v) is 3.69. The van der Waals surface area contributed by atoms with E-state index in [1.165, 1.54) is 38.5 Å². The molecular formula is C19H37N2O8PS. The van der Waals surface area contributed by atoms with E-state index < -0.39 is 31.9 Å². The molecule has 0 heterocycles. The maximum absolute atomic E-state index is 12.0. The van der Waals surface area contributed by atoms with Crippen LogP contribution in [0.4, 0.5) is 0 Å². The second-order valence-electron chi connectivity index (χ2n) is 7.93. The van der Waals surface area contributed by atoms with Gasteiger partial charge in [0.15, 0.2) is 5.12 Å². The number of amides is 2. The number of phosphoric acid groups is 1. The SMILES string of the molecule is CCCCCCCC(=O)SCCNC(=O)CCNC(=O)[C@H](O)C(C)(C)COP(=O)(O)O. The van der Waals surface area contributed by atoms with Gasteiger partial charge in [0.05, 0.1) is 6.61 Å². The van der Waals surface area contributed by atoms with E-state index in [9.17, 15) is 24.1 Å². The van der Waals surface area contributed by atoms with Crippen LogP contribution in [0.3, 0.4) is 0 Å². The molecule has 2 amide bonds. The number of nitrogens with one attached hydrogen (secondary N) is 2. The molecule has 0 aliphatic rings. The molecule has 0 bridgehead atoms. The molecule has 0 aromatic carbocycles. The Morgan fingerprint density at radius 1 is 1.03 bits per heavy atom. The molecule has 5 N–H and O–H groups in total. The van der Waals surface area contributed by atoms with Crippen LogP contribution in [0.2, 0.25) is 0 Å². The minimum Gasteiger partial charge on any atom is -0.383 e. The highest BCUT2D eigenvalue weighted by Crippen LogP contribution is 2.38. The Bertz CT molecular complexity index is 612.